The van der Waals surface area contributed by atoms with Gasteiger partial charge in [-0.1, -0.05) is 0 Å². The summed E-state index contributed by atoms with van der Waals surface area (Å²) in [5.41, 5.74) is 5.62. The molecule has 0 aromatic heterocycles. The number of likely N-dealkylation sites (N-methyl/N-ethyl adjacent to an activating group) is 1. The quantitative estimate of drug-likeness (QED) is 0.866. The zero-order chi connectivity index (χ0) is 14.8. The normalized spacial score (nSPS) is 35.7. The van der Waals surface area contributed by atoms with Gasteiger partial charge in [0, 0.05) is 25.2 Å². The molecule has 0 aromatic carbocycles. The maximum absolute atomic E-state index is 12.8. The summed E-state index contributed by atoms with van der Waals surface area (Å²) in [4.78, 5) is 2.15. The minimum absolute atomic E-state index is 0.191. The molecular weight excluding hydrogens is 269 g/mol. The van der Waals surface area contributed by atoms with Gasteiger partial charge in [0.25, 0.3) is 0 Å². The lowest BCUT2D eigenvalue weighted by molar-refractivity contribution is -0.188. The van der Waals surface area contributed by atoms with Crippen molar-refractivity contribution in [1.29, 1.82) is 0 Å². The molecule has 0 spiro atoms. The molecule has 0 amide bonds. The fraction of sp³-hybridized carbons (Fsp3) is 1.00. The highest BCUT2D eigenvalue weighted by Crippen LogP contribution is 2.42. The Labute approximate surface area is 118 Å². The molecule has 6 heteroatoms. The van der Waals surface area contributed by atoms with Gasteiger partial charge in [-0.15, -0.1) is 0 Å². The first-order valence-corrected chi connectivity index (χ1v) is 7.47. The molecule has 1 aliphatic carbocycles. The fourth-order valence-corrected chi connectivity index (χ4v) is 3.51. The van der Waals surface area contributed by atoms with Crippen molar-refractivity contribution in [2.45, 2.75) is 56.3 Å². The van der Waals surface area contributed by atoms with E-state index in [1.165, 1.54) is 0 Å². The van der Waals surface area contributed by atoms with Gasteiger partial charge in [-0.05, 0) is 45.6 Å². The van der Waals surface area contributed by atoms with Crippen LogP contribution in [-0.4, -0.2) is 49.5 Å². The third kappa shape index (κ3) is 3.46. The van der Waals surface area contributed by atoms with Crippen molar-refractivity contribution >= 4 is 0 Å². The molecule has 1 atom stereocenters. The number of alkyl halides is 3. The van der Waals surface area contributed by atoms with Gasteiger partial charge in [-0.3, -0.25) is 4.90 Å². The highest BCUT2D eigenvalue weighted by atomic mass is 19.4. The van der Waals surface area contributed by atoms with Gasteiger partial charge in [0.05, 0.1) is 12.0 Å². The first kappa shape index (κ1) is 16.0. The Morgan fingerprint density at radius 3 is 2.35 bits per heavy atom. The molecule has 0 aromatic rings. The van der Waals surface area contributed by atoms with E-state index in [1.54, 1.807) is 0 Å². The lowest BCUT2D eigenvalue weighted by Gasteiger charge is -2.46. The van der Waals surface area contributed by atoms with Crippen molar-refractivity contribution in [2.75, 3.05) is 26.7 Å². The van der Waals surface area contributed by atoms with Gasteiger partial charge >= 0.3 is 6.18 Å². The standard InChI is InChI=1S/C14H25F3N2O/c1-19(9-12-3-2-8-20-12)13(10-18)6-4-11(5-7-13)14(15,16)17/h11-12H,2-10,18H2,1H3. The molecule has 2 rings (SSSR count). The van der Waals surface area contributed by atoms with E-state index < -0.39 is 12.1 Å². The number of rotatable bonds is 4. The van der Waals surface area contributed by atoms with Crippen molar-refractivity contribution in [1.82, 2.24) is 4.90 Å². The lowest BCUT2D eigenvalue weighted by atomic mass is 9.75. The van der Waals surface area contributed by atoms with Crippen molar-refractivity contribution < 1.29 is 17.9 Å². The van der Waals surface area contributed by atoms with Gasteiger partial charge in [0.2, 0.25) is 0 Å². The predicted molar refractivity (Wildman–Crippen MR) is 71.4 cm³/mol. The van der Waals surface area contributed by atoms with Crippen LogP contribution in [0.2, 0.25) is 0 Å². The van der Waals surface area contributed by atoms with Crippen LogP contribution in [0.5, 0.6) is 0 Å². The summed E-state index contributed by atoms with van der Waals surface area (Å²) in [6, 6.07) is 0. The molecule has 1 saturated carbocycles. The molecule has 1 saturated heterocycles. The molecule has 3 nitrogen and oxygen atoms in total. The summed E-state index contributed by atoms with van der Waals surface area (Å²) in [5.74, 6) is -1.15. The summed E-state index contributed by atoms with van der Waals surface area (Å²) in [5, 5.41) is 0. The van der Waals surface area contributed by atoms with E-state index in [-0.39, 0.29) is 24.5 Å². The van der Waals surface area contributed by atoms with Gasteiger partial charge < -0.3 is 10.5 Å². The van der Waals surface area contributed by atoms with Crippen LogP contribution in [0.15, 0.2) is 0 Å². The van der Waals surface area contributed by atoms with Crippen molar-refractivity contribution in [3.8, 4) is 0 Å². The Balaban J connectivity index is 1.93. The number of hydrogen-bond donors (Lipinski definition) is 1. The summed E-state index contributed by atoms with van der Waals surface area (Å²) >= 11 is 0. The predicted octanol–water partition coefficient (Wildman–Crippen LogP) is 2.55. The SMILES string of the molecule is CN(CC1CCCO1)C1(CN)CCC(C(F)(F)F)CC1. The molecule has 0 bridgehead atoms. The highest BCUT2D eigenvalue weighted by Gasteiger charge is 2.47. The van der Waals surface area contributed by atoms with Crippen LogP contribution < -0.4 is 5.73 Å². The maximum Gasteiger partial charge on any atom is 0.391 e. The molecule has 20 heavy (non-hydrogen) atoms. The Hall–Kier alpha value is -0.330. The van der Waals surface area contributed by atoms with E-state index in [0.717, 1.165) is 26.0 Å². The number of ether oxygens (including phenoxy) is 1. The van der Waals surface area contributed by atoms with Crippen LogP contribution in [0.1, 0.15) is 38.5 Å². The molecule has 1 unspecified atom stereocenters. The molecular formula is C14H25F3N2O. The van der Waals surface area contributed by atoms with Gasteiger partial charge in [-0.25, -0.2) is 0 Å². The zero-order valence-corrected chi connectivity index (χ0v) is 12.1. The van der Waals surface area contributed by atoms with E-state index >= 15 is 0 Å². The molecule has 2 fully saturated rings. The highest BCUT2D eigenvalue weighted by molar-refractivity contribution is 4.96. The first-order valence-electron chi connectivity index (χ1n) is 7.47. The summed E-state index contributed by atoms with van der Waals surface area (Å²) in [6.45, 7) is 1.99. The van der Waals surface area contributed by atoms with E-state index in [1.807, 2.05) is 7.05 Å². The third-order valence-electron chi connectivity index (χ3n) is 5.07. The van der Waals surface area contributed by atoms with Crippen molar-refractivity contribution in [3.05, 3.63) is 0 Å². The summed E-state index contributed by atoms with van der Waals surface area (Å²) in [7, 11) is 1.97. The van der Waals surface area contributed by atoms with Crippen molar-refractivity contribution in [2.24, 2.45) is 11.7 Å². The summed E-state index contributed by atoms with van der Waals surface area (Å²) < 4.78 is 43.9. The molecule has 1 heterocycles. The second-order valence-corrected chi connectivity index (χ2v) is 6.26. The van der Waals surface area contributed by atoms with Crippen LogP contribution >= 0.6 is 0 Å². The monoisotopic (exact) mass is 294 g/mol. The Morgan fingerprint density at radius 2 is 1.90 bits per heavy atom. The van der Waals surface area contributed by atoms with E-state index in [4.69, 9.17) is 10.5 Å². The molecule has 118 valence electrons. The second kappa shape index (κ2) is 6.20. The molecule has 2 N–H and O–H groups in total. The van der Waals surface area contributed by atoms with Gasteiger partial charge in [0.1, 0.15) is 0 Å². The average molecular weight is 294 g/mol. The van der Waals surface area contributed by atoms with E-state index in [2.05, 4.69) is 4.90 Å². The lowest BCUT2D eigenvalue weighted by Crippen LogP contribution is -2.56. The smallest absolute Gasteiger partial charge is 0.377 e. The minimum Gasteiger partial charge on any atom is -0.377 e. The second-order valence-electron chi connectivity index (χ2n) is 6.26. The van der Waals surface area contributed by atoms with Crippen molar-refractivity contribution in [3.63, 3.8) is 0 Å². The first-order chi connectivity index (χ1) is 9.37. The summed E-state index contributed by atoms with van der Waals surface area (Å²) in [6.07, 6.45) is -0.307. The largest absolute Gasteiger partial charge is 0.391 e. The Kier molecular flexibility index (Phi) is 4.97. The average Bonchev–Trinajstić information content (AvgIpc) is 2.90. The van der Waals surface area contributed by atoms with Crippen LogP contribution in [0, 0.1) is 5.92 Å². The Morgan fingerprint density at radius 1 is 1.25 bits per heavy atom. The van der Waals surface area contributed by atoms with Crippen LogP contribution in [0.3, 0.4) is 0 Å². The van der Waals surface area contributed by atoms with E-state index in [9.17, 15) is 13.2 Å². The minimum atomic E-state index is -4.06. The van der Waals surface area contributed by atoms with Gasteiger partial charge in [-0.2, -0.15) is 13.2 Å². The number of nitrogens with zero attached hydrogens (tertiary/aromatic N) is 1. The van der Waals surface area contributed by atoms with Gasteiger partial charge in [0.15, 0.2) is 0 Å². The van der Waals surface area contributed by atoms with E-state index in [0.29, 0.717) is 19.4 Å². The molecule has 2 aliphatic rings. The van der Waals surface area contributed by atoms with Crippen LogP contribution in [0.25, 0.3) is 0 Å². The Bertz CT molecular complexity index is 308. The number of hydrogen-bond acceptors (Lipinski definition) is 3. The number of nitrogens with two attached hydrogens (primary N) is 1. The number of halogens is 3. The molecule has 1 aliphatic heterocycles. The topological polar surface area (TPSA) is 38.5 Å². The zero-order valence-electron chi connectivity index (χ0n) is 12.1. The third-order valence-corrected chi connectivity index (χ3v) is 5.07. The maximum atomic E-state index is 12.8. The fourth-order valence-electron chi connectivity index (χ4n) is 3.51. The molecule has 0 radical (unpaired) electrons. The van der Waals surface area contributed by atoms with Crippen LogP contribution in [0.4, 0.5) is 13.2 Å². The van der Waals surface area contributed by atoms with Crippen LogP contribution in [-0.2, 0) is 4.74 Å².